The molecule has 0 atom stereocenters. The SMILES string of the molecule is O=C(NCCc1c[nH]c2ccc(Cl)cc12)C1CCN(c2ncnc3nc[nH]c23)CC1. The summed E-state index contributed by atoms with van der Waals surface area (Å²) >= 11 is 6.11. The van der Waals surface area contributed by atoms with E-state index in [1.54, 1.807) is 6.33 Å². The van der Waals surface area contributed by atoms with Gasteiger partial charge in [-0.1, -0.05) is 11.6 Å². The Balaban J connectivity index is 1.15. The Morgan fingerprint density at radius 1 is 1.20 bits per heavy atom. The predicted octanol–water partition coefficient (Wildman–Crippen LogP) is 3.06. The lowest BCUT2D eigenvalue weighted by Gasteiger charge is -2.32. The lowest BCUT2D eigenvalue weighted by atomic mass is 9.95. The van der Waals surface area contributed by atoms with Gasteiger partial charge in [0.25, 0.3) is 0 Å². The number of carbonyl (C=O) groups is 1. The van der Waals surface area contributed by atoms with Crippen molar-refractivity contribution >= 4 is 45.4 Å². The normalized spacial score (nSPS) is 15.2. The van der Waals surface area contributed by atoms with E-state index in [0.29, 0.717) is 12.2 Å². The van der Waals surface area contributed by atoms with E-state index < -0.39 is 0 Å². The summed E-state index contributed by atoms with van der Waals surface area (Å²) in [5, 5.41) is 4.93. The number of benzene rings is 1. The highest BCUT2D eigenvalue weighted by atomic mass is 35.5. The van der Waals surface area contributed by atoms with Crippen LogP contribution in [0.15, 0.2) is 37.1 Å². The third-order valence-electron chi connectivity index (χ3n) is 5.79. The van der Waals surface area contributed by atoms with Crippen LogP contribution in [-0.2, 0) is 11.2 Å². The third-order valence-corrected chi connectivity index (χ3v) is 6.03. The molecule has 30 heavy (non-hydrogen) atoms. The first kappa shape index (κ1) is 18.9. The lowest BCUT2D eigenvalue weighted by molar-refractivity contribution is -0.125. The number of anilines is 1. The Morgan fingerprint density at radius 2 is 2.07 bits per heavy atom. The van der Waals surface area contributed by atoms with Crippen LogP contribution in [-0.4, -0.2) is 50.5 Å². The number of aromatic amines is 2. The minimum atomic E-state index is 0.0257. The average molecular weight is 424 g/mol. The molecule has 0 aliphatic carbocycles. The molecule has 4 heterocycles. The number of rotatable bonds is 5. The van der Waals surface area contributed by atoms with Crippen molar-refractivity contribution in [2.75, 3.05) is 24.5 Å². The fraction of sp³-hybridized carbons (Fsp3) is 0.333. The highest BCUT2D eigenvalue weighted by Gasteiger charge is 2.26. The average Bonchev–Trinajstić information content (AvgIpc) is 3.40. The second-order valence-corrected chi connectivity index (χ2v) is 8.04. The maximum Gasteiger partial charge on any atom is 0.223 e. The molecule has 1 saturated heterocycles. The molecule has 1 aliphatic heterocycles. The highest BCUT2D eigenvalue weighted by molar-refractivity contribution is 6.31. The zero-order chi connectivity index (χ0) is 20.5. The van der Waals surface area contributed by atoms with E-state index in [0.717, 1.165) is 65.2 Å². The lowest BCUT2D eigenvalue weighted by Crippen LogP contribution is -2.41. The van der Waals surface area contributed by atoms with Gasteiger partial charge in [0, 0.05) is 47.7 Å². The molecule has 8 nitrogen and oxygen atoms in total. The summed E-state index contributed by atoms with van der Waals surface area (Å²) < 4.78 is 0. The van der Waals surface area contributed by atoms with Crippen molar-refractivity contribution < 1.29 is 4.79 Å². The Kier molecular flexibility index (Phi) is 5.00. The van der Waals surface area contributed by atoms with E-state index in [-0.39, 0.29) is 11.8 Å². The minimum absolute atomic E-state index is 0.0257. The quantitative estimate of drug-likeness (QED) is 0.457. The molecule has 1 aromatic carbocycles. The van der Waals surface area contributed by atoms with E-state index in [9.17, 15) is 4.79 Å². The van der Waals surface area contributed by atoms with E-state index >= 15 is 0 Å². The first-order chi connectivity index (χ1) is 14.7. The molecule has 9 heteroatoms. The fourth-order valence-corrected chi connectivity index (χ4v) is 4.34. The van der Waals surface area contributed by atoms with Crippen LogP contribution in [0.1, 0.15) is 18.4 Å². The fourth-order valence-electron chi connectivity index (χ4n) is 4.17. The molecule has 0 saturated carbocycles. The maximum atomic E-state index is 12.7. The number of fused-ring (bicyclic) bond motifs is 2. The van der Waals surface area contributed by atoms with Gasteiger partial charge in [0.1, 0.15) is 11.8 Å². The van der Waals surface area contributed by atoms with Crippen LogP contribution in [0.5, 0.6) is 0 Å². The monoisotopic (exact) mass is 423 g/mol. The number of piperidine rings is 1. The van der Waals surface area contributed by atoms with Gasteiger partial charge in [-0.25, -0.2) is 15.0 Å². The van der Waals surface area contributed by atoms with Crippen molar-refractivity contribution in [3.05, 3.63) is 47.6 Å². The van der Waals surface area contributed by atoms with Gasteiger partial charge in [-0.3, -0.25) is 4.79 Å². The van der Waals surface area contributed by atoms with E-state index in [1.807, 2.05) is 24.4 Å². The van der Waals surface area contributed by atoms with Crippen LogP contribution < -0.4 is 10.2 Å². The third kappa shape index (κ3) is 3.59. The Morgan fingerprint density at radius 3 is 2.93 bits per heavy atom. The number of halogens is 1. The maximum absolute atomic E-state index is 12.7. The highest BCUT2D eigenvalue weighted by Crippen LogP contribution is 2.26. The number of hydrogen-bond acceptors (Lipinski definition) is 5. The minimum Gasteiger partial charge on any atom is -0.361 e. The van der Waals surface area contributed by atoms with Gasteiger partial charge in [-0.2, -0.15) is 0 Å². The van der Waals surface area contributed by atoms with Crippen molar-refractivity contribution in [2.45, 2.75) is 19.3 Å². The topological polar surface area (TPSA) is 103 Å². The van der Waals surface area contributed by atoms with Crippen LogP contribution >= 0.6 is 11.6 Å². The Hall–Kier alpha value is -3.13. The molecule has 1 fully saturated rings. The number of imidazole rings is 1. The molecular weight excluding hydrogens is 402 g/mol. The van der Waals surface area contributed by atoms with Crippen molar-refractivity contribution in [1.29, 1.82) is 0 Å². The summed E-state index contributed by atoms with van der Waals surface area (Å²) in [5.74, 6) is 1.01. The zero-order valence-corrected chi connectivity index (χ0v) is 17.1. The van der Waals surface area contributed by atoms with Gasteiger partial charge >= 0.3 is 0 Å². The number of carbonyl (C=O) groups excluding carboxylic acids is 1. The molecule has 4 aromatic rings. The van der Waals surface area contributed by atoms with Crippen LogP contribution in [0.2, 0.25) is 5.02 Å². The summed E-state index contributed by atoms with van der Waals surface area (Å²) in [5.41, 5.74) is 3.73. The van der Waals surface area contributed by atoms with Crippen LogP contribution in [0.25, 0.3) is 22.1 Å². The Labute approximate surface area is 178 Å². The molecule has 154 valence electrons. The molecule has 3 N–H and O–H groups in total. The van der Waals surface area contributed by atoms with Crippen LogP contribution in [0.3, 0.4) is 0 Å². The van der Waals surface area contributed by atoms with E-state index in [4.69, 9.17) is 11.6 Å². The number of H-pyrrole nitrogens is 2. The summed E-state index contributed by atoms with van der Waals surface area (Å²) in [6, 6.07) is 5.81. The summed E-state index contributed by atoms with van der Waals surface area (Å²) in [6.45, 7) is 2.17. The van der Waals surface area contributed by atoms with Gasteiger partial charge in [-0.15, -0.1) is 0 Å². The standard InChI is InChI=1S/C21H22ClN7O/c22-15-1-2-17-16(9-15)14(10-24-17)3-6-23-21(30)13-4-7-29(8-5-13)20-18-19(26-11-25-18)27-12-28-20/h1-2,9-13,24H,3-8H2,(H,23,30)(H,25,26,27,28). The van der Waals surface area contributed by atoms with E-state index in [1.165, 1.54) is 6.33 Å². The number of nitrogens with one attached hydrogen (secondary N) is 3. The largest absolute Gasteiger partial charge is 0.361 e. The van der Waals surface area contributed by atoms with Gasteiger partial charge in [0.2, 0.25) is 5.91 Å². The van der Waals surface area contributed by atoms with Gasteiger partial charge in [0.05, 0.1) is 6.33 Å². The summed E-state index contributed by atoms with van der Waals surface area (Å²) in [6.07, 6.45) is 7.52. The molecule has 0 unspecified atom stereocenters. The predicted molar refractivity (Wildman–Crippen MR) is 117 cm³/mol. The van der Waals surface area contributed by atoms with Crippen molar-refractivity contribution in [3.63, 3.8) is 0 Å². The van der Waals surface area contributed by atoms with Crippen LogP contribution in [0, 0.1) is 5.92 Å². The molecule has 0 radical (unpaired) electrons. The van der Waals surface area contributed by atoms with E-state index in [2.05, 4.69) is 35.1 Å². The molecule has 5 rings (SSSR count). The number of amides is 1. The van der Waals surface area contributed by atoms with Crippen molar-refractivity contribution in [1.82, 2.24) is 30.2 Å². The van der Waals surface area contributed by atoms with Crippen molar-refractivity contribution in [3.8, 4) is 0 Å². The second-order valence-electron chi connectivity index (χ2n) is 7.60. The zero-order valence-electron chi connectivity index (χ0n) is 16.4. The number of hydrogen-bond donors (Lipinski definition) is 3. The van der Waals surface area contributed by atoms with Crippen LogP contribution in [0.4, 0.5) is 5.82 Å². The molecule has 0 bridgehead atoms. The summed E-state index contributed by atoms with van der Waals surface area (Å²) in [4.78, 5) is 34.0. The molecular formula is C21H22ClN7O. The molecule has 3 aromatic heterocycles. The first-order valence-corrected chi connectivity index (χ1v) is 10.5. The smallest absolute Gasteiger partial charge is 0.223 e. The molecule has 0 spiro atoms. The summed E-state index contributed by atoms with van der Waals surface area (Å²) in [7, 11) is 0. The van der Waals surface area contributed by atoms with Crippen molar-refractivity contribution in [2.24, 2.45) is 5.92 Å². The second kappa shape index (κ2) is 7.95. The van der Waals surface area contributed by atoms with Gasteiger partial charge in [0.15, 0.2) is 11.5 Å². The first-order valence-electron chi connectivity index (χ1n) is 10.1. The number of aromatic nitrogens is 5. The molecule has 1 aliphatic rings. The number of nitrogens with zero attached hydrogens (tertiary/aromatic N) is 4. The van der Waals surface area contributed by atoms with Gasteiger partial charge in [-0.05, 0) is 43.0 Å². The molecule has 1 amide bonds. The van der Waals surface area contributed by atoms with Gasteiger partial charge < -0.3 is 20.2 Å². The Bertz CT molecular complexity index is 1190.